The zero-order chi connectivity index (χ0) is 23.1. The molecular weight excluding hydrogens is 416 g/mol. The maximum atomic E-state index is 2.81. The van der Waals surface area contributed by atoms with Crippen molar-refractivity contribution >= 4 is 22.3 Å². The highest BCUT2D eigenvalue weighted by atomic mass is 15.3. The van der Waals surface area contributed by atoms with Crippen molar-refractivity contribution in [1.29, 1.82) is 0 Å². The van der Waals surface area contributed by atoms with Gasteiger partial charge >= 0.3 is 0 Å². The standard InChI is InChI=1S/C30H40N4/c1-3-24-20-26-11-13-32(29(26)21-24)18-19-33-12-10-25-8-9-27(22-30(25)33)31-14-16-34(17-15-31)28-7-5-4-6-23(28)2/h4-10,12,22,24,26,29H,3,11,13-21H2,1-2H3. The zero-order valence-electron chi connectivity index (χ0n) is 21.0. The first kappa shape index (κ1) is 22.0. The van der Waals surface area contributed by atoms with Gasteiger partial charge in [-0.25, -0.2) is 0 Å². The first-order chi connectivity index (χ1) is 16.7. The number of hydrogen-bond donors (Lipinski definition) is 0. The summed E-state index contributed by atoms with van der Waals surface area (Å²) in [6, 6.07) is 19.0. The molecule has 0 bridgehead atoms. The number of nitrogens with zero attached hydrogens (tertiary/aromatic N) is 4. The van der Waals surface area contributed by atoms with Gasteiger partial charge in [0.05, 0.1) is 5.52 Å². The van der Waals surface area contributed by atoms with E-state index in [1.54, 1.807) is 0 Å². The fraction of sp³-hybridized carbons (Fsp3) is 0.533. The molecule has 3 aromatic rings. The molecule has 0 spiro atoms. The van der Waals surface area contributed by atoms with Gasteiger partial charge in [0.1, 0.15) is 0 Å². The number of anilines is 2. The molecule has 4 heteroatoms. The molecule has 3 heterocycles. The molecule has 3 atom stereocenters. The lowest BCUT2D eigenvalue weighted by atomic mass is 10.0. The van der Waals surface area contributed by atoms with E-state index in [2.05, 4.69) is 87.8 Å². The number of rotatable bonds is 6. The molecule has 3 aliphatic rings. The van der Waals surface area contributed by atoms with Crippen molar-refractivity contribution in [3.8, 4) is 0 Å². The molecule has 0 N–H and O–H groups in total. The van der Waals surface area contributed by atoms with Crippen LogP contribution in [-0.4, -0.2) is 54.8 Å². The second-order valence-electron chi connectivity index (χ2n) is 10.9. The molecule has 0 radical (unpaired) electrons. The monoisotopic (exact) mass is 456 g/mol. The molecule has 180 valence electrons. The molecule has 2 aliphatic heterocycles. The van der Waals surface area contributed by atoms with E-state index >= 15 is 0 Å². The number of aryl methyl sites for hydroxylation is 1. The van der Waals surface area contributed by atoms with E-state index in [9.17, 15) is 0 Å². The summed E-state index contributed by atoms with van der Waals surface area (Å²) < 4.78 is 2.50. The molecule has 3 fully saturated rings. The fourth-order valence-corrected chi connectivity index (χ4v) is 7.01. The molecule has 1 saturated carbocycles. The molecule has 6 rings (SSSR count). The number of aromatic nitrogens is 1. The number of hydrogen-bond acceptors (Lipinski definition) is 3. The Bertz CT molecular complexity index is 1130. The van der Waals surface area contributed by atoms with E-state index < -0.39 is 0 Å². The lowest BCUT2D eigenvalue weighted by Crippen LogP contribution is -2.46. The van der Waals surface area contributed by atoms with Crippen LogP contribution in [0.1, 0.15) is 38.2 Å². The van der Waals surface area contributed by atoms with Crippen LogP contribution in [0.15, 0.2) is 54.7 Å². The predicted molar refractivity (Wildman–Crippen MR) is 144 cm³/mol. The predicted octanol–water partition coefficient (Wildman–Crippen LogP) is 5.79. The highest BCUT2D eigenvalue weighted by Crippen LogP contribution is 2.42. The summed E-state index contributed by atoms with van der Waals surface area (Å²) in [5, 5.41) is 1.37. The van der Waals surface area contributed by atoms with E-state index in [1.807, 2.05) is 0 Å². The van der Waals surface area contributed by atoms with Crippen molar-refractivity contribution in [3.05, 3.63) is 60.3 Å². The number of para-hydroxylation sites is 1. The third kappa shape index (κ3) is 4.11. The Morgan fingerprint density at radius 1 is 0.853 bits per heavy atom. The van der Waals surface area contributed by atoms with Gasteiger partial charge in [0.2, 0.25) is 0 Å². The first-order valence-corrected chi connectivity index (χ1v) is 13.6. The summed E-state index contributed by atoms with van der Waals surface area (Å²) in [5.74, 6) is 1.94. The molecule has 4 nitrogen and oxygen atoms in total. The van der Waals surface area contributed by atoms with Gasteiger partial charge in [-0.2, -0.15) is 0 Å². The second-order valence-corrected chi connectivity index (χ2v) is 10.9. The quantitative estimate of drug-likeness (QED) is 0.467. The minimum absolute atomic E-state index is 0.854. The van der Waals surface area contributed by atoms with Crippen molar-refractivity contribution in [1.82, 2.24) is 9.47 Å². The van der Waals surface area contributed by atoms with Crippen molar-refractivity contribution in [2.24, 2.45) is 11.8 Å². The number of fused-ring (bicyclic) bond motifs is 2. The summed E-state index contributed by atoms with van der Waals surface area (Å²) in [5.41, 5.74) is 5.54. The normalized spacial score (nSPS) is 25.4. The Morgan fingerprint density at radius 2 is 1.68 bits per heavy atom. The molecule has 0 amide bonds. The third-order valence-corrected chi connectivity index (χ3v) is 9.08. The van der Waals surface area contributed by atoms with Crippen LogP contribution in [0.2, 0.25) is 0 Å². The van der Waals surface area contributed by atoms with Gasteiger partial charge in [0.15, 0.2) is 0 Å². The van der Waals surface area contributed by atoms with Crippen LogP contribution in [0, 0.1) is 18.8 Å². The van der Waals surface area contributed by atoms with Crippen molar-refractivity contribution < 1.29 is 0 Å². The van der Waals surface area contributed by atoms with Crippen LogP contribution in [0.25, 0.3) is 10.9 Å². The highest BCUT2D eigenvalue weighted by molar-refractivity contribution is 5.84. The van der Waals surface area contributed by atoms with Gasteiger partial charge in [-0.1, -0.05) is 37.6 Å². The van der Waals surface area contributed by atoms with Gasteiger partial charge in [-0.15, -0.1) is 0 Å². The third-order valence-electron chi connectivity index (χ3n) is 9.08. The Balaban J connectivity index is 1.12. The molecular formula is C30H40N4. The first-order valence-electron chi connectivity index (χ1n) is 13.6. The molecule has 34 heavy (non-hydrogen) atoms. The summed E-state index contributed by atoms with van der Waals surface area (Å²) in [6.07, 6.45) is 8.01. The molecule has 2 saturated heterocycles. The van der Waals surface area contributed by atoms with Gasteiger partial charge in [0.25, 0.3) is 0 Å². The lowest BCUT2D eigenvalue weighted by molar-refractivity contribution is 0.227. The smallest absolute Gasteiger partial charge is 0.0501 e. The highest BCUT2D eigenvalue weighted by Gasteiger charge is 2.40. The zero-order valence-corrected chi connectivity index (χ0v) is 21.0. The van der Waals surface area contributed by atoms with E-state index in [0.717, 1.165) is 50.6 Å². The van der Waals surface area contributed by atoms with Gasteiger partial charge in [-0.05, 0) is 79.8 Å². The lowest BCUT2D eigenvalue weighted by Gasteiger charge is -2.38. The SMILES string of the molecule is CCC1CC2CCN(CCn3ccc4ccc(N5CCN(c6ccccc6C)CC5)cc43)C2C1. The average Bonchev–Trinajstić information content (AvgIpc) is 3.57. The van der Waals surface area contributed by atoms with Crippen molar-refractivity contribution in [2.75, 3.05) is 49.1 Å². The summed E-state index contributed by atoms with van der Waals surface area (Å²) >= 11 is 0. The Morgan fingerprint density at radius 3 is 2.50 bits per heavy atom. The van der Waals surface area contributed by atoms with Crippen molar-refractivity contribution in [3.63, 3.8) is 0 Å². The summed E-state index contributed by atoms with van der Waals surface area (Å²) in [6.45, 7) is 12.5. The van der Waals surface area contributed by atoms with Crippen LogP contribution in [0.3, 0.4) is 0 Å². The van der Waals surface area contributed by atoms with Crippen molar-refractivity contribution in [2.45, 2.75) is 52.1 Å². The minimum atomic E-state index is 0.854. The van der Waals surface area contributed by atoms with Gasteiger partial charge in [0, 0.05) is 62.9 Å². The molecule has 1 aromatic heterocycles. The summed E-state index contributed by atoms with van der Waals surface area (Å²) in [7, 11) is 0. The van der Waals surface area contributed by atoms with E-state index in [-0.39, 0.29) is 0 Å². The molecule has 1 aliphatic carbocycles. The van der Waals surface area contributed by atoms with Crippen LogP contribution >= 0.6 is 0 Å². The topological polar surface area (TPSA) is 14.7 Å². The molecule has 2 aromatic carbocycles. The van der Waals surface area contributed by atoms with Crippen LogP contribution < -0.4 is 9.80 Å². The largest absolute Gasteiger partial charge is 0.368 e. The second kappa shape index (κ2) is 9.30. The fourth-order valence-electron chi connectivity index (χ4n) is 7.01. The Hall–Kier alpha value is -2.46. The Kier molecular flexibility index (Phi) is 6.02. The van der Waals surface area contributed by atoms with E-state index in [0.29, 0.717) is 0 Å². The Labute approximate surface area is 205 Å². The maximum Gasteiger partial charge on any atom is 0.0501 e. The number of benzene rings is 2. The van der Waals surface area contributed by atoms with Gasteiger partial charge < -0.3 is 14.4 Å². The van der Waals surface area contributed by atoms with E-state index in [4.69, 9.17) is 0 Å². The minimum Gasteiger partial charge on any atom is -0.368 e. The van der Waals surface area contributed by atoms with Crippen LogP contribution in [0.4, 0.5) is 11.4 Å². The number of piperazine rings is 1. The summed E-state index contributed by atoms with van der Waals surface area (Å²) in [4.78, 5) is 7.92. The van der Waals surface area contributed by atoms with Gasteiger partial charge in [-0.3, -0.25) is 4.90 Å². The average molecular weight is 457 g/mol. The maximum absolute atomic E-state index is 2.81. The van der Waals surface area contributed by atoms with Crippen LogP contribution in [-0.2, 0) is 6.54 Å². The molecule has 3 unspecified atom stereocenters. The van der Waals surface area contributed by atoms with Crippen LogP contribution in [0.5, 0.6) is 0 Å². The van der Waals surface area contributed by atoms with E-state index in [1.165, 1.54) is 66.6 Å². The number of likely N-dealkylation sites (tertiary alicyclic amines) is 1.